The number of halogens is 1. The quantitative estimate of drug-likeness (QED) is 0.708. The summed E-state index contributed by atoms with van der Waals surface area (Å²) in [5, 5.41) is 3.16. The van der Waals surface area contributed by atoms with Crippen molar-refractivity contribution in [2.45, 2.75) is 6.92 Å². The molecule has 0 fully saturated rings. The predicted molar refractivity (Wildman–Crippen MR) is 45.8 cm³/mol. The summed E-state index contributed by atoms with van der Waals surface area (Å²) in [5.74, 6) is -0.113. The maximum absolute atomic E-state index is 10.6. The molecule has 0 atom stereocenters. The zero-order valence-corrected chi connectivity index (χ0v) is 6.85. The van der Waals surface area contributed by atoms with E-state index in [1.807, 2.05) is 12.1 Å². The molecule has 0 aromatic heterocycles. The van der Waals surface area contributed by atoms with Crippen molar-refractivity contribution in [3.8, 4) is 0 Å². The number of hydrogen-bond donors (Lipinski definition) is 1. The molecule has 58 valence electrons. The van der Waals surface area contributed by atoms with Gasteiger partial charge in [0.15, 0.2) is 0 Å². The Hall–Kier alpha value is -1.02. The van der Waals surface area contributed by atoms with Crippen LogP contribution in [0.4, 0.5) is 5.69 Å². The molecule has 1 N–H and O–H groups in total. The van der Waals surface area contributed by atoms with Gasteiger partial charge in [-0.2, -0.15) is 0 Å². The number of rotatable bonds is 1. The van der Waals surface area contributed by atoms with Crippen molar-refractivity contribution < 1.29 is 4.79 Å². The van der Waals surface area contributed by atoms with Gasteiger partial charge in [-0.15, -0.1) is 0 Å². The topological polar surface area (TPSA) is 29.1 Å². The van der Waals surface area contributed by atoms with Crippen LogP contribution in [0.2, 0.25) is 5.02 Å². The molecule has 0 bridgehead atoms. The third kappa shape index (κ3) is 2.24. The molecule has 0 unspecified atom stereocenters. The molecule has 0 aliphatic carbocycles. The zero-order chi connectivity index (χ0) is 8.27. The fourth-order valence-corrected chi connectivity index (χ4v) is 0.935. The molecule has 0 aliphatic heterocycles. The number of nitrogens with one attached hydrogen (secondary N) is 1. The molecule has 0 radical (unpaired) electrons. The first-order valence-electron chi connectivity index (χ1n) is 3.22. The minimum Gasteiger partial charge on any atom is -0.325 e. The van der Waals surface area contributed by atoms with Gasteiger partial charge in [-0.1, -0.05) is 23.7 Å². The Morgan fingerprint density at radius 3 is 2.64 bits per heavy atom. The van der Waals surface area contributed by atoms with Crippen LogP contribution in [-0.4, -0.2) is 5.91 Å². The highest BCUT2D eigenvalue weighted by Crippen LogP contribution is 2.19. The Bertz CT molecular complexity index is 273. The number of carbonyl (C=O) groups is 1. The van der Waals surface area contributed by atoms with Crippen LogP contribution in [0.5, 0.6) is 0 Å². The maximum atomic E-state index is 10.6. The summed E-state index contributed by atoms with van der Waals surface area (Å²) in [6.07, 6.45) is 0. The summed E-state index contributed by atoms with van der Waals surface area (Å²) < 4.78 is 0. The number of amides is 1. The van der Waals surface area contributed by atoms with Gasteiger partial charge in [0, 0.05) is 6.92 Å². The second-order valence-electron chi connectivity index (χ2n) is 2.16. The first kappa shape index (κ1) is 8.08. The Morgan fingerprint density at radius 2 is 2.09 bits per heavy atom. The van der Waals surface area contributed by atoms with Gasteiger partial charge in [0.2, 0.25) is 5.91 Å². The lowest BCUT2D eigenvalue weighted by Gasteiger charge is -2.02. The molecule has 3 heteroatoms. The lowest BCUT2D eigenvalue weighted by molar-refractivity contribution is -0.114. The second-order valence-corrected chi connectivity index (χ2v) is 2.57. The summed E-state index contributed by atoms with van der Waals surface area (Å²) in [5.41, 5.74) is 0.654. The highest BCUT2D eigenvalue weighted by atomic mass is 35.5. The van der Waals surface area contributed by atoms with Crippen LogP contribution in [0.25, 0.3) is 0 Å². The van der Waals surface area contributed by atoms with Crippen molar-refractivity contribution in [2.24, 2.45) is 0 Å². The first-order chi connectivity index (χ1) is 5.20. The van der Waals surface area contributed by atoms with E-state index in [2.05, 4.69) is 5.32 Å². The van der Waals surface area contributed by atoms with Crippen LogP contribution in [0, 0.1) is 0 Å². The molecule has 0 saturated heterocycles. The molecule has 0 aliphatic rings. The van der Waals surface area contributed by atoms with Gasteiger partial charge in [-0.05, 0) is 12.1 Å². The summed E-state index contributed by atoms with van der Waals surface area (Å²) in [6, 6.07) is 7.11. The Kier molecular flexibility index (Phi) is 2.49. The third-order valence-electron chi connectivity index (χ3n) is 1.18. The first-order valence-corrected chi connectivity index (χ1v) is 3.60. The second kappa shape index (κ2) is 3.39. The number of carbonyl (C=O) groups excluding carboxylic acids is 1. The van der Waals surface area contributed by atoms with Gasteiger partial charge in [0.1, 0.15) is 0 Å². The molecule has 1 aromatic rings. The van der Waals surface area contributed by atoms with Crippen LogP contribution in [0.3, 0.4) is 0 Å². The van der Waals surface area contributed by atoms with E-state index in [9.17, 15) is 4.79 Å². The summed E-state index contributed by atoms with van der Waals surface area (Å²) in [6.45, 7) is 1.45. The van der Waals surface area contributed by atoms with E-state index >= 15 is 0 Å². The van der Waals surface area contributed by atoms with E-state index in [1.165, 1.54) is 6.92 Å². The van der Waals surface area contributed by atoms with Crippen LogP contribution in [0.15, 0.2) is 24.3 Å². The molecule has 0 heterocycles. The molecule has 1 rings (SSSR count). The van der Waals surface area contributed by atoms with Crippen LogP contribution in [-0.2, 0) is 4.79 Å². The third-order valence-corrected chi connectivity index (χ3v) is 1.51. The van der Waals surface area contributed by atoms with Crippen LogP contribution in [0.1, 0.15) is 6.92 Å². The fraction of sp³-hybridized carbons (Fsp3) is 0.125. The van der Waals surface area contributed by atoms with E-state index in [1.54, 1.807) is 12.1 Å². The van der Waals surface area contributed by atoms with Crippen molar-refractivity contribution in [1.82, 2.24) is 0 Å². The van der Waals surface area contributed by atoms with E-state index in [-0.39, 0.29) is 5.91 Å². The van der Waals surface area contributed by atoms with Gasteiger partial charge in [-0.3, -0.25) is 4.79 Å². The van der Waals surface area contributed by atoms with Gasteiger partial charge < -0.3 is 5.32 Å². The standard InChI is InChI=1S/C8H8ClNO/c1-6(11)10-8-5-3-2-4-7(8)9/h2-5H,1H3,(H,10,11)/i2+2,3+2,4+2,5+2,7+2,8+2. The lowest BCUT2D eigenvalue weighted by atomic mass is 10.8. The minimum absolute atomic E-state index is 0.113. The average Bonchev–Trinajstić information content (AvgIpc) is 1.93. The molecule has 0 spiro atoms. The molecular weight excluding hydrogens is 174 g/mol. The average molecular weight is 182 g/mol. The van der Waals surface area contributed by atoms with Gasteiger partial charge in [-0.25, -0.2) is 0 Å². The smallest absolute Gasteiger partial charge is 0.221 e. The Morgan fingerprint density at radius 1 is 1.45 bits per heavy atom. The van der Waals surface area contributed by atoms with Gasteiger partial charge in [0.25, 0.3) is 0 Å². The fourth-order valence-electron chi connectivity index (χ4n) is 0.752. The van der Waals surface area contributed by atoms with E-state index in [4.69, 9.17) is 11.6 Å². The Labute approximate surface area is 70.2 Å². The maximum Gasteiger partial charge on any atom is 0.221 e. The molecule has 2 nitrogen and oxygen atoms in total. The summed E-state index contributed by atoms with van der Waals surface area (Å²) in [7, 11) is 0. The largest absolute Gasteiger partial charge is 0.325 e. The molecule has 1 aromatic carbocycles. The van der Waals surface area contributed by atoms with Crippen molar-refractivity contribution in [3.05, 3.63) is 29.3 Å². The molecule has 11 heavy (non-hydrogen) atoms. The van der Waals surface area contributed by atoms with E-state index in [0.29, 0.717) is 10.7 Å². The van der Waals surface area contributed by atoms with E-state index in [0.717, 1.165) is 0 Å². The van der Waals surface area contributed by atoms with Crippen molar-refractivity contribution in [2.75, 3.05) is 5.32 Å². The summed E-state index contributed by atoms with van der Waals surface area (Å²) >= 11 is 5.75. The SMILES string of the molecule is CC(=O)N[14c]1[14cH][14cH][14cH][14cH][14c]1Cl. The predicted octanol–water partition coefficient (Wildman–Crippen LogP) is 2.30. The number of para-hydroxylation sites is 1. The van der Waals surface area contributed by atoms with Crippen LogP contribution >= 0.6 is 11.6 Å². The van der Waals surface area contributed by atoms with E-state index < -0.39 is 0 Å². The highest BCUT2D eigenvalue weighted by Gasteiger charge is 1.98. The monoisotopic (exact) mass is 181 g/mol. The minimum atomic E-state index is -0.113. The van der Waals surface area contributed by atoms with Crippen molar-refractivity contribution >= 4 is 23.2 Å². The van der Waals surface area contributed by atoms with Gasteiger partial charge >= 0.3 is 0 Å². The van der Waals surface area contributed by atoms with Gasteiger partial charge in [0.05, 0.1) is 10.7 Å². The molecule has 0 saturated carbocycles. The number of hydrogen-bond acceptors (Lipinski definition) is 1. The molecular formula is C8H8ClNO. The zero-order valence-electron chi connectivity index (χ0n) is 6.10. The number of anilines is 1. The van der Waals surface area contributed by atoms with Crippen LogP contribution < -0.4 is 5.32 Å². The lowest BCUT2D eigenvalue weighted by Crippen LogP contribution is -2.05. The normalized spacial score (nSPS) is 9.27. The summed E-state index contributed by atoms with van der Waals surface area (Å²) in [4.78, 5) is 10.6. The van der Waals surface area contributed by atoms with Crippen molar-refractivity contribution in [3.63, 3.8) is 0 Å². The highest BCUT2D eigenvalue weighted by molar-refractivity contribution is 6.33. The number of benzene rings is 1. The molecule has 1 amide bonds. The van der Waals surface area contributed by atoms with Crippen molar-refractivity contribution in [1.29, 1.82) is 0 Å². The Balaban J connectivity index is 2.86.